The Bertz CT molecular complexity index is 664. The Labute approximate surface area is 139 Å². The second-order valence-electron chi connectivity index (χ2n) is 4.96. The Kier molecular flexibility index (Phi) is 6.51. The summed E-state index contributed by atoms with van der Waals surface area (Å²) in [5, 5.41) is 4.22. The summed E-state index contributed by atoms with van der Waals surface area (Å²) >= 11 is 0. The number of urea groups is 1. The maximum absolute atomic E-state index is 12.3. The second kappa shape index (κ2) is 8.14. The van der Waals surface area contributed by atoms with E-state index in [2.05, 4.69) is 10.3 Å². The average Bonchev–Trinajstić information content (AvgIpc) is 2.82. The number of aromatic nitrogens is 1. The van der Waals surface area contributed by atoms with Crippen LogP contribution in [0.15, 0.2) is 0 Å². The van der Waals surface area contributed by atoms with E-state index in [1.54, 1.807) is 20.8 Å². The number of hydrogen-bond donors (Lipinski definition) is 3. The minimum Gasteiger partial charge on any atom is -0.461 e. The van der Waals surface area contributed by atoms with Crippen LogP contribution in [-0.2, 0) is 14.3 Å². The lowest BCUT2D eigenvalue weighted by atomic mass is 10.1. The highest BCUT2D eigenvalue weighted by molar-refractivity contribution is 6.01. The van der Waals surface area contributed by atoms with Gasteiger partial charge < -0.3 is 19.8 Å². The lowest BCUT2D eigenvalue weighted by molar-refractivity contribution is -0.127. The van der Waals surface area contributed by atoms with E-state index < -0.39 is 30.0 Å². The van der Waals surface area contributed by atoms with Crippen LogP contribution in [0, 0.1) is 13.8 Å². The Morgan fingerprint density at radius 1 is 1.17 bits per heavy atom. The molecule has 1 atom stereocenters. The van der Waals surface area contributed by atoms with Crippen molar-refractivity contribution in [2.75, 3.05) is 13.7 Å². The molecule has 0 aromatic carbocycles. The molecule has 24 heavy (non-hydrogen) atoms. The fourth-order valence-electron chi connectivity index (χ4n) is 2.01. The van der Waals surface area contributed by atoms with E-state index in [9.17, 15) is 19.2 Å². The minimum absolute atomic E-state index is 0.151. The molecule has 1 unspecified atom stereocenters. The number of nitrogens with one attached hydrogen (secondary N) is 3. The van der Waals surface area contributed by atoms with Crippen LogP contribution >= 0.6 is 0 Å². The standard InChI is InChI=1S/C15H21N3O6/c1-6-23-14(21)11-7(2)10(8(3)17-11)13(20)24-9(4)12(19)18-15(22)16-5/h9,17H,6H2,1-5H3,(H2,16,18,19,22). The normalized spacial score (nSPS) is 11.4. The molecule has 9 heteroatoms. The molecule has 1 rings (SSSR count). The first-order chi connectivity index (χ1) is 11.2. The molecule has 3 N–H and O–H groups in total. The number of aromatic amines is 1. The first kappa shape index (κ1) is 19.2. The number of imide groups is 1. The number of aryl methyl sites for hydroxylation is 1. The molecule has 1 aromatic heterocycles. The van der Waals surface area contributed by atoms with Crippen molar-refractivity contribution in [1.82, 2.24) is 15.6 Å². The summed E-state index contributed by atoms with van der Waals surface area (Å²) in [6.07, 6.45) is -1.19. The molecule has 0 saturated carbocycles. The van der Waals surface area contributed by atoms with Gasteiger partial charge in [0.15, 0.2) is 6.10 Å². The van der Waals surface area contributed by atoms with E-state index in [0.717, 1.165) is 0 Å². The van der Waals surface area contributed by atoms with Crippen LogP contribution in [0.4, 0.5) is 4.79 Å². The maximum Gasteiger partial charge on any atom is 0.355 e. The number of ether oxygens (including phenoxy) is 2. The van der Waals surface area contributed by atoms with E-state index >= 15 is 0 Å². The third-order valence-corrected chi connectivity index (χ3v) is 3.24. The summed E-state index contributed by atoms with van der Waals surface area (Å²) in [6.45, 7) is 6.38. The second-order valence-corrected chi connectivity index (χ2v) is 4.96. The summed E-state index contributed by atoms with van der Waals surface area (Å²) in [6, 6.07) is -0.707. The topological polar surface area (TPSA) is 127 Å². The zero-order valence-corrected chi connectivity index (χ0v) is 14.2. The van der Waals surface area contributed by atoms with E-state index in [1.165, 1.54) is 14.0 Å². The molecule has 132 valence electrons. The van der Waals surface area contributed by atoms with Crippen molar-refractivity contribution in [1.29, 1.82) is 0 Å². The zero-order valence-electron chi connectivity index (χ0n) is 14.2. The molecule has 0 saturated heterocycles. The van der Waals surface area contributed by atoms with Crippen LogP contribution < -0.4 is 10.6 Å². The van der Waals surface area contributed by atoms with E-state index in [0.29, 0.717) is 11.3 Å². The zero-order chi connectivity index (χ0) is 18.4. The first-order valence-corrected chi connectivity index (χ1v) is 7.32. The van der Waals surface area contributed by atoms with Crippen LogP contribution in [0.1, 0.15) is 46.0 Å². The Morgan fingerprint density at radius 2 is 1.79 bits per heavy atom. The van der Waals surface area contributed by atoms with Gasteiger partial charge in [0, 0.05) is 12.7 Å². The SMILES string of the molecule is CCOC(=O)c1[nH]c(C)c(C(=O)OC(C)C(=O)NC(=O)NC)c1C. The van der Waals surface area contributed by atoms with Crippen LogP contribution in [0.25, 0.3) is 0 Å². The van der Waals surface area contributed by atoms with E-state index in [4.69, 9.17) is 9.47 Å². The molecule has 0 spiro atoms. The highest BCUT2D eigenvalue weighted by Gasteiger charge is 2.27. The first-order valence-electron chi connectivity index (χ1n) is 7.32. The molecule has 0 aliphatic rings. The van der Waals surface area contributed by atoms with Crippen molar-refractivity contribution in [2.24, 2.45) is 0 Å². The Morgan fingerprint density at radius 3 is 2.33 bits per heavy atom. The van der Waals surface area contributed by atoms with Crippen molar-refractivity contribution >= 4 is 23.9 Å². The average molecular weight is 339 g/mol. The van der Waals surface area contributed by atoms with Crippen LogP contribution in [-0.4, -0.2) is 48.6 Å². The van der Waals surface area contributed by atoms with Crippen molar-refractivity contribution in [3.05, 3.63) is 22.5 Å². The number of amides is 3. The maximum atomic E-state index is 12.3. The number of hydrogen-bond acceptors (Lipinski definition) is 6. The van der Waals surface area contributed by atoms with Crippen LogP contribution in [0.3, 0.4) is 0 Å². The van der Waals surface area contributed by atoms with Gasteiger partial charge in [0.05, 0.1) is 12.2 Å². The van der Waals surface area contributed by atoms with Gasteiger partial charge in [-0.25, -0.2) is 14.4 Å². The van der Waals surface area contributed by atoms with Crippen molar-refractivity contribution < 1.29 is 28.7 Å². The molecule has 0 aliphatic carbocycles. The molecule has 1 heterocycles. The fourth-order valence-corrected chi connectivity index (χ4v) is 2.01. The summed E-state index contributed by atoms with van der Waals surface area (Å²) in [5.74, 6) is -2.13. The number of H-pyrrole nitrogens is 1. The van der Waals surface area contributed by atoms with E-state index in [-0.39, 0.29) is 17.9 Å². The molecular formula is C15H21N3O6. The lowest BCUT2D eigenvalue weighted by Crippen LogP contribution is -2.43. The number of esters is 2. The highest BCUT2D eigenvalue weighted by Crippen LogP contribution is 2.20. The lowest BCUT2D eigenvalue weighted by Gasteiger charge is -2.13. The van der Waals surface area contributed by atoms with Gasteiger partial charge in [-0.2, -0.15) is 0 Å². The van der Waals surface area contributed by atoms with Crippen molar-refractivity contribution in [3.63, 3.8) is 0 Å². The largest absolute Gasteiger partial charge is 0.461 e. The van der Waals surface area contributed by atoms with Gasteiger partial charge in [0.2, 0.25) is 0 Å². The monoisotopic (exact) mass is 339 g/mol. The van der Waals surface area contributed by atoms with Crippen molar-refractivity contribution in [3.8, 4) is 0 Å². The van der Waals surface area contributed by atoms with Crippen molar-refractivity contribution in [2.45, 2.75) is 33.8 Å². The number of rotatable bonds is 5. The smallest absolute Gasteiger partial charge is 0.355 e. The molecule has 9 nitrogen and oxygen atoms in total. The van der Waals surface area contributed by atoms with Gasteiger partial charge in [0.25, 0.3) is 5.91 Å². The predicted octanol–water partition coefficient (Wildman–Crippen LogP) is 0.809. The molecule has 0 aliphatic heterocycles. The number of carbonyl (C=O) groups is 4. The molecule has 0 bridgehead atoms. The van der Waals surface area contributed by atoms with Crippen LogP contribution in [0.5, 0.6) is 0 Å². The Balaban J connectivity index is 2.90. The minimum atomic E-state index is -1.19. The molecule has 0 fully saturated rings. The molecular weight excluding hydrogens is 318 g/mol. The van der Waals surface area contributed by atoms with Gasteiger partial charge in [0.1, 0.15) is 5.69 Å². The summed E-state index contributed by atoms with van der Waals surface area (Å²) in [5.41, 5.74) is 1.09. The molecule has 1 aromatic rings. The molecule has 0 radical (unpaired) electrons. The Hall–Kier alpha value is -2.84. The van der Waals surface area contributed by atoms with Gasteiger partial charge in [-0.1, -0.05) is 0 Å². The number of carbonyl (C=O) groups excluding carboxylic acids is 4. The summed E-state index contributed by atoms with van der Waals surface area (Å²) < 4.78 is 9.96. The van der Waals surface area contributed by atoms with Crippen LogP contribution in [0.2, 0.25) is 0 Å². The van der Waals surface area contributed by atoms with Gasteiger partial charge >= 0.3 is 18.0 Å². The predicted molar refractivity (Wildman–Crippen MR) is 83.7 cm³/mol. The third kappa shape index (κ3) is 4.34. The van der Waals surface area contributed by atoms with E-state index in [1.807, 2.05) is 5.32 Å². The van der Waals surface area contributed by atoms with Gasteiger partial charge in [-0.3, -0.25) is 10.1 Å². The molecule has 3 amide bonds. The van der Waals surface area contributed by atoms with Gasteiger partial charge in [-0.15, -0.1) is 0 Å². The quantitative estimate of drug-likeness (QED) is 0.681. The highest BCUT2D eigenvalue weighted by atomic mass is 16.5. The van der Waals surface area contributed by atoms with Gasteiger partial charge in [-0.05, 0) is 33.3 Å². The summed E-state index contributed by atoms with van der Waals surface area (Å²) in [7, 11) is 1.35. The fraction of sp³-hybridized carbons (Fsp3) is 0.467. The summed E-state index contributed by atoms with van der Waals surface area (Å²) in [4.78, 5) is 49.7. The third-order valence-electron chi connectivity index (χ3n) is 3.24.